The van der Waals surface area contributed by atoms with Crippen molar-refractivity contribution in [3.63, 3.8) is 0 Å². The summed E-state index contributed by atoms with van der Waals surface area (Å²) < 4.78 is 27.0. The summed E-state index contributed by atoms with van der Waals surface area (Å²) >= 11 is 0. The van der Waals surface area contributed by atoms with Crippen molar-refractivity contribution in [2.75, 3.05) is 6.54 Å². The van der Waals surface area contributed by atoms with E-state index >= 15 is 0 Å². The van der Waals surface area contributed by atoms with Crippen molar-refractivity contribution in [1.82, 2.24) is 4.31 Å². The van der Waals surface area contributed by atoms with Gasteiger partial charge < -0.3 is 0 Å². The Kier molecular flexibility index (Phi) is 3.79. The molecule has 114 valence electrons. The number of rotatable bonds is 3. The van der Waals surface area contributed by atoms with E-state index in [-0.39, 0.29) is 5.92 Å². The SMILES string of the molecule is CC1=CN(S(=O)(=O)c2ccc(C)cc2)CC1c1ccccc1. The number of nitrogens with zero attached hydrogens (tertiary/aromatic N) is 1. The van der Waals surface area contributed by atoms with Crippen LogP contribution in [0.4, 0.5) is 0 Å². The molecule has 1 atom stereocenters. The summed E-state index contributed by atoms with van der Waals surface area (Å²) in [5, 5.41) is 0. The first-order valence-corrected chi connectivity index (χ1v) is 8.74. The fourth-order valence-corrected chi connectivity index (χ4v) is 4.16. The minimum absolute atomic E-state index is 0.126. The van der Waals surface area contributed by atoms with Crippen molar-refractivity contribution in [2.45, 2.75) is 24.7 Å². The zero-order valence-corrected chi connectivity index (χ0v) is 13.5. The van der Waals surface area contributed by atoms with Gasteiger partial charge >= 0.3 is 0 Å². The first-order chi connectivity index (χ1) is 10.5. The highest BCUT2D eigenvalue weighted by atomic mass is 32.2. The van der Waals surface area contributed by atoms with Crippen LogP contribution in [0.3, 0.4) is 0 Å². The molecule has 2 aromatic rings. The van der Waals surface area contributed by atoms with Crippen LogP contribution in [0.15, 0.2) is 71.3 Å². The molecular weight excluding hydrogens is 294 g/mol. The van der Waals surface area contributed by atoms with Crippen LogP contribution >= 0.6 is 0 Å². The second kappa shape index (κ2) is 5.61. The second-order valence-corrected chi connectivity index (χ2v) is 7.61. The molecule has 3 nitrogen and oxygen atoms in total. The van der Waals surface area contributed by atoms with E-state index in [1.165, 1.54) is 4.31 Å². The molecule has 1 heterocycles. The normalized spacial score (nSPS) is 18.4. The lowest BCUT2D eigenvalue weighted by molar-refractivity contribution is 0.506. The number of hydrogen-bond acceptors (Lipinski definition) is 2. The van der Waals surface area contributed by atoms with E-state index in [4.69, 9.17) is 0 Å². The molecule has 3 rings (SSSR count). The third kappa shape index (κ3) is 2.66. The summed E-state index contributed by atoms with van der Waals surface area (Å²) in [7, 11) is -3.47. The minimum atomic E-state index is -3.47. The third-order valence-electron chi connectivity index (χ3n) is 4.09. The number of sulfonamides is 1. The van der Waals surface area contributed by atoms with Gasteiger partial charge in [0.15, 0.2) is 0 Å². The average molecular weight is 313 g/mol. The van der Waals surface area contributed by atoms with E-state index in [2.05, 4.69) is 0 Å². The Morgan fingerprint density at radius 2 is 1.59 bits per heavy atom. The quantitative estimate of drug-likeness (QED) is 0.866. The summed E-state index contributed by atoms with van der Waals surface area (Å²) in [5.41, 5.74) is 3.27. The maximum atomic E-state index is 12.7. The lowest BCUT2D eigenvalue weighted by Crippen LogP contribution is -2.26. The van der Waals surface area contributed by atoms with Crippen LogP contribution < -0.4 is 0 Å². The standard InChI is InChI=1S/C18H19NO2S/c1-14-8-10-17(11-9-14)22(20,21)19-12-15(2)18(13-19)16-6-4-3-5-7-16/h3-12,18H,13H2,1-2H3. The Labute approximate surface area is 132 Å². The van der Waals surface area contributed by atoms with Gasteiger partial charge in [-0.15, -0.1) is 0 Å². The van der Waals surface area contributed by atoms with Crippen LogP contribution in [0.25, 0.3) is 0 Å². The Morgan fingerprint density at radius 3 is 2.23 bits per heavy atom. The van der Waals surface area contributed by atoms with Gasteiger partial charge in [-0.3, -0.25) is 4.31 Å². The largest absolute Gasteiger partial charge is 0.272 e. The Morgan fingerprint density at radius 1 is 0.955 bits per heavy atom. The van der Waals surface area contributed by atoms with Gasteiger partial charge in [0.25, 0.3) is 10.0 Å². The van der Waals surface area contributed by atoms with Crippen LogP contribution in [0, 0.1) is 6.92 Å². The zero-order chi connectivity index (χ0) is 15.7. The molecule has 0 saturated heterocycles. The van der Waals surface area contributed by atoms with Gasteiger partial charge in [-0.05, 0) is 37.1 Å². The average Bonchev–Trinajstić information content (AvgIpc) is 2.91. The Hall–Kier alpha value is -2.07. The molecule has 2 aromatic carbocycles. The highest BCUT2D eigenvalue weighted by Crippen LogP contribution is 2.34. The Bertz CT molecular complexity index is 793. The van der Waals surface area contributed by atoms with E-state index in [0.717, 1.165) is 16.7 Å². The predicted molar refractivity (Wildman–Crippen MR) is 88.0 cm³/mol. The van der Waals surface area contributed by atoms with Gasteiger partial charge in [0.1, 0.15) is 0 Å². The molecule has 1 unspecified atom stereocenters. The summed E-state index contributed by atoms with van der Waals surface area (Å²) in [6, 6.07) is 17.0. The third-order valence-corrected chi connectivity index (χ3v) is 5.83. The molecule has 0 spiro atoms. The summed E-state index contributed by atoms with van der Waals surface area (Å²) in [6.45, 7) is 4.40. The first kappa shape index (κ1) is 14.9. The minimum Gasteiger partial charge on any atom is -0.272 e. The maximum Gasteiger partial charge on any atom is 0.263 e. The van der Waals surface area contributed by atoms with Crippen molar-refractivity contribution in [3.8, 4) is 0 Å². The van der Waals surface area contributed by atoms with Crippen LogP contribution in [-0.4, -0.2) is 19.3 Å². The molecule has 0 fully saturated rings. The molecule has 0 aromatic heterocycles. The first-order valence-electron chi connectivity index (χ1n) is 7.30. The maximum absolute atomic E-state index is 12.7. The molecule has 1 aliphatic rings. The van der Waals surface area contributed by atoms with Crippen LogP contribution in [0.5, 0.6) is 0 Å². The van der Waals surface area contributed by atoms with Gasteiger partial charge in [-0.2, -0.15) is 0 Å². The van der Waals surface area contributed by atoms with E-state index in [1.54, 1.807) is 18.3 Å². The summed E-state index contributed by atoms with van der Waals surface area (Å²) in [6.07, 6.45) is 1.76. The molecular formula is C18H19NO2S. The van der Waals surface area contributed by atoms with Crippen LogP contribution in [-0.2, 0) is 10.0 Å². The van der Waals surface area contributed by atoms with Crippen molar-refractivity contribution in [1.29, 1.82) is 0 Å². The topological polar surface area (TPSA) is 37.4 Å². The van der Waals surface area contributed by atoms with E-state index in [1.807, 2.05) is 56.3 Å². The van der Waals surface area contributed by atoms with Gasteiger partial charge in [-0.1, -0.05) is 48.0 Å². The Balaban J connectivity index is 1.90. The van der Waals surface area contributed by atoms with Gasteiger partial charge in [-0.25, -0.2) is 8.42 Å². The lowest BCUT2D eigenvalue weighted by atomic mass is 9.95. The summed E-state index contributed by atoms with van der Waals surface area (Å²) in [4.78, 5) is 0.343. The highest BCUT2D eigenvalue weighted by molar-refractivity contribution is 7.89. The molecule has 1 aliphatic heterocycles. The molecule has 0 N–H and O–H groups in total. The number of aryl methyl sites for hydroxylation is 1. The molecule has 0 bridgehead atoms. The van der Waals surface area contributed by atoms with Crippen LogP contribution in [0.2, 0.25) is 0 Å². The zero-order valence-electron chi connectivity index (χ0n) is 12.7. The summed E-state index contributed by atoms with van der Waals surface area (Å²) in [5.74, 6) is 0.126. The van der Waals surface area contributed by atoms with Crippen molar-refractivity contribution >= 4 is 10.0 Å². The fourth-order valence-electron chi connectivity index (χ4n) is 2.76. The van der Waals surface area contributed by atoms with Crippen molar-refractivity contribution < 1.29 is 8.42 Å². The lowest BCUT2D eigenvalue weighted by Gasteiger charge is -2.19. The smallest absolute Gasteiger partial charge is 0.263 e. The van der Waals surface area contributed by atoms with E-state index in [9.17, 15) is 8.42 Å². The molecule has 0 saturated carbocycles. The van der Waals surface area contributed by atoms with Gasteiger partial charge in [0.05, 0.1) is 4.90 Å². The monoisotopic (exact) mass is 313 g/mol. The van der Waals surface area contributed by atoms with Crippen molar-refractivity contribution in [3.05, 3.63) is 77.5 Å². The van der Waals surface area contributed by atoms with Crippen LogP contribution in [0.1, 0.15) is 24.0 Å². The van der Waals surface area contributed by atoms with Crippen molar-refractivity contribution in [2.24, 2.45) is 0 Å². The highest BCUT2D eigenvalue weighted by Gasteiger charge is 2.31. The number of hydrogen-bond donors (Lipinski definition) is 0. The number of benzene rings is 2. The van der Waals surface area contributed by atoms with E-state index in [0.29, 0.717) is 11.4 Å². The molecule has 0 amide bonds. The van der Waals surface area contributed by atoms with E-state index < -0.39 is 10.0 Å². The molecule has 22 heavy (non-hydrogen) atoms. The molecule has 4 heteroatoms. The molecule has 0 aliphatic carbocycles. The van der Waals surface area contributed by atoms with Gasteiger partial charge in [0.2, 0.25) is 0 Å². The predicted octanol–water partition coefficient (Wildman–Crippen LogP) is 3.69. The fraction of sp³-hybridized carbons (Fsp3) is 0.222. The second-order valence-electron chi connectivity index (χ2n) is 5.72. The van der Waals surface area contributed by atoms with Gasteiger partial charge in [0, 0.05) is 18.7 Å². The molecule has 0 radical (unpaired) electrons.